The zero-order valence-corrected chi connectivity index (χ0v) is 7.82. The van der Waals surface area contributed by atoms with E-state index in [2.05, 4.69) is 12.1 Å². The third-order valence-corrected chi connectivity index (χ3v) is 2.24. The van der Waals surface area contributed by atoms with Crippen molar-refractivity contribution in [2.24, 2.45) is 7.05 Å². The lowest BCUT2D eigenvalue weighted by Gasteiger charge is -1.91. The third kappa shape index (κ3) is 1.35. The first-order valence-electron chi connectivity index (χ1n) is 4.28. The number of hydrogen-bond acceptors (Lipinski definition) is 1. The predicted octanol–water partition coefficient (Wildman–Crippen LogP) is 2.08. The van der Waals surface area contributed by atoms with Crippen LogP contribution in [0.15, 0.2) is 41.0 Å². The molecule has 0 spiro atoms. The fourth-order valence-electron chi connectivity index (χ4n) is 1.34. The number of rotatable bonds is 1. The van der Waals surface area contributed by atoms with Crippen LogP contribution in [-0.4, -0.2) is 0 Å². The lowest BCUT2D eigenvalue weighted by molar-refractivity contribution is -0.670. The van der Waals surface area contributed by atoms with E-state index < -0.39 is 0 Å². The van der Waals surface area contributed by atoms with Gasteiger partial charge in [0, 0.05) is 5.56 Å². The highest BCUT2D eigenvalue weighted by Crippen LogP contribution is 2.15. The fraction of sp³-hybridized carbons (Fsp3) is 0.182. The summed E-state index contributed by atoms with van der Waals surface area (Å²) < 4.78 is 7.35. The van der Waals surface area contributed by atoms with Gasteiger partial charge in [-0.05, 0) is 12.1 Å². The molecule has 13 heavy (non-hydrogen) atoms. The SMILES string of the molecule is Cc1occ(-c2ccccc2)[n+]1C. The summed E-state index contributed by atoms with van der Waals surface area (Å²) >= 11 is 0. The van der Waals surface area contributed by atoms with Crippen molar-refractivity contribution in [3.8, 4) is 11.3 Å². The second-order valence-electron chi connectivity index (χ2n) is 3.07. The van der Waals surface area contributed by atoms with Gasteiger partial charge in [-0.25, -0.2) is 0 Å². The normalized spacial score (nSPS) is 10.3. The van der Waals surface area contributed by atoms with Gasteiger partial charge in [0.15, 0.2) is 6.26 Å². The number of aryl methyl sites for hydroxylation is 1. The van der Waals surface area contributed by atoms with Crippen molar-refractivity contribution in [2.75, 3.05) is 0 Å². The van der Waals surface area contributed by atoms with Crippen LogP contribution in [0.5, 0.6) is 0 Å². The quantitative estimate of drug-likeness (QED) is 0.605. The molecule has 0 atom stereocenters. The summed E-state index contributed by atoms with van der Waals surface area (Å²) in [6.45, 7) is 1.95. The molecule has 2 rings (SSSR count). The van der Waals surface area contributed by atoms with E-state index in [4.69, 9.17) is 4.42 Å². The van der Waals surface area contributed by atoms with Crippen LogP contribution < -0.4 is 4.57 Å². The molecule has 0 aliphatic rings. The standard InChI is InChI=1S/C11H12NO/c1-9-12(2)11(8-13-9)10-6-4-3-5-7-10/h3-8H,1-2H3/q+1. The van der Waals surface area contributed by atoms with Crippen LogP contribution in [0.4, 0.5) is 0 Å². The Kier molecular flexibility index (Phi) is 1.89. The molecule has 66 valence electrons. The Morgan fingerprint density at radius 1 is 1.15 bits per heavy atom. The molecule has 1 aromatic carbocycles. The number of hydrogen-bond donors (Lipinski definition) is 0. The Labute approximate surface area is 77.4 Å². The summed E-state index contributed by atoms with van der Waals surface area (Å²) in [5, 5.41) is 0. The summed E-state index contributed by atoms with van der Waals surface area (Å²) in [7, 11) is 2.00. The lowest BCUT2D eigenvalue weighted by Crippen LogP contribution is -2.31. The average Bonchev–Trinajstić information content (AvgIpc) is 2.49. The molecule has 0 saturated heterocycles. The minimum absolute atomic E-state index is 0.916. The Bertz CT molecular complexity index is 403. The van der Waals surface area contributed by atoms with Gasteiger partial charge in [0.05, 0.1) is 6.92 Å². The first-order valence-corrected chi connectivity index (χ1v) is 4.28. The van der Waals surface area contributed by atoms with E-state index in [0.29, 0.717) is 0 Å². The van der Waals surface area contributed by atoms with Crippen LogP contribution in [0.2, 0.25) is 0 Å². The Morgan fingerprint density at radius 2 is 1.85 bits per heavy atom. The van der Waals surface area contributed by atoms with E-state index in [-0.39, 0.29) is 0 Å². The molecule has 1 heterocycles. The molecule has 0 saturated carbocycles. The van der Waals surface area contributed by atoms with Gasteiger partial charge in [-0.15, -0.1) is 0 Å². The van der Waals surface area contributed by atoms with E-state index in [1.807, 2.05) is 36.7 Å². The summed E-state index contributed by atoms with van der Waals surface area (Å²) in [5.74, 6) is 0.916. The molecule has 2 nitrogen and oxygen atoms in total. The molecule has 0 N–H and O–H groups in total. The van der Waals surface area contributed by atoms with Gasteiger partial charge in [-0.3, -0.25) is 0 Å². The number of aromatic nitrogens is 1. The largest absolute Gasteiger partial charge is 0.410 e. The van der Waals surface area contributed by atoms with Crippen molar-refractivity contribution in [2.45, 2.75) is 6.92 Å². The molecule has 1 aromatic heterocycles. The summed E-state index contributed by atoms with van der Waals surface area (Å²) in [4.78, 5) is 0. The summed E-state index contributed by atoms with van der Waals surface area (Å²) in [5.41, 5.74) is 2.29. The monoisotopic (exact) mass is 174 g/mol. The average molecular weight is 174 g/mol. The van der Waals surface area contributed by atoms with Crippen molar-refractivity contribution < 1.29 is 8.98 Å². The number of oxazole rings is 1. The van der Waals surface area contributed by atoms with E-state index in [9.17, 15) is 0 Å². The molecule has 2 heteroatoms. The highest BCUT2D eigenvalue weighted by Gasteiger charge is 2.15. The maximum absolute atomic E-state index is 5.31. The van der Waals surface area contributed by atoms with Gasteiger partial charge in [-0.1, -0.05) is 18.2 Å². The zero-order valence-electron chi connectivity index (χ0n) is 7.82. The van der Waals surface area contributed by atoms with Crippen LogP contribution in [0.3, 0.4) is 0 Å². The maximum atomic E-state index is 5.31. The van der Waals surface area contributed by atoms with Gasteiger partial charge in [-0.2, -0.15) is 4.57 Å². The Hall–Kier alpha value is -1.57. The molecule has 0 amide bonds. The number of nitrogens with zero attached hydrogens (tertiary/aromatic N) is 1. The second-order valence-corrected chi connectivity index (χ2v) is 3.07. The molecule has 2 aromatic rings. The van der Waals surface area contributed by atoms with Crippen LogP contribution >= 0.6 is 0 Å². The van der Waals surface area contributed by atoms with Crippen LogP contribution in [0.1, 0.15) is 5.89 Å². The Morgan fingerprint density at radius 3 is 2.38 bits per heavy atom. The van der Waals surface area contributed by atoms with E-state index in [1.54, 1.807) is 6.26 Å². The minimum atomic E-state index is 0.916. The van der Waals surface area contributed by atoms with E-state index in [1.165, 1.54) is 5.56 Å². The summed E-state index contributed by atoms with van der Waals surface area (Å²) in [6, 6.07) is 10.2. The minimum Gasteiger partial charge on any atom is -0.410 e. The van der Waals surface area contributed by atoms with Crippen molar-refractivity contribution in [3.63, 3.8) is 0 Å². The molecule has 0 aliphatic heterocycles. The lowest BCUT2D eigenvalue weighted by atomic mass is 10.2. The van der Waals surface area contributed by atoms with Crippen molar-refractivity contribution in [3.05, 3.63) is 42.5 Å². The number of benzene rings is 1. The van der Waals surface area contributed by atoms with Crippen molar-refractivity contribution in [1.82, 2.24) is 0 Å². The molecule has 0 fully saturated rings. The topological polar surface area (TPSA) is 17.0 Å². The third-order valence-electron chi connectivity index (χ3n) is 2.24. The van der Waals surface area contributed by atoms with Gasteiger partial charge in [0.1, 0.15) is 7.05 Å². The Balaban J connectivity index is 2.53. The predicted molar refractivity (Wildman–Crippen MR) is 50.1 cm³/mol. The first kappa shape index (κ1) is 8.05. The molecule has 0 radical (unpaired) electrons. The van der Waals surface area contributed by atoms with Crippen LogP contribution in [-0.2, 0) is 7.05 Å². The summed E-state index contributed by atoms with van der Waals surface area (Å²) in [6.07, 6.45) is 1.78. The smallest absolute Gasteiger partial charge is 0.343 e. The molecular formula is C11H12NO+. The first-order chi connectivity index (χ1) is 6.29. The van der Waals surface area contributed by atoms with Crippen molar-refractivity contribution in [1.29, 1.82) is 0 Å². The highest BCUT2D eigenvalue weighted by atomic mass is 16.3. The van der Waals surface area contributed by atoms with Crippen molar-refractivity contribution >= 4 is 0 Å². The van der Waals surface area contributed by atoms with Gasteiger partial charge in [0.25, 0.3) is 5.69 Å². The fourth-order valence-corrected chi connectivity index (χ4v) is 1.34. The highest BCUT2D eigenvalue weighted by molar-refractivity contribution is 5.54. The van der Waals surface area contributed by atoms with Crippen LogP contribution in [0, 0.1) is 6.92 Å². The molecule has 0 aliphatic carbocycles. The van der Waals surface area contributed by atoms with Crippen LogP contribution in [0.25, 0.3) is 11.3 Å². The zero-order chi connectivity index (χ0) is 9.26. The maximum Gasteiger partial charge on any atom is 0.343 e. The molecule has 0 bridgehead atoms. The molecule has 0 unspecified atom stereocenters. The second kappa shape index (κ2) is 3.05. The van der Waals surface area contributed by atoms with Gasteiger partial charge >= 0.3 is 5.89 Å². The van der Waals surface area contributed by atoms with E-state index in [0.717, 1.165) is 11.6 Å². The van der Waals surface area contributed by atoms with Gasteiger partial charge < -0.3 is 4.42 Å². The van der Waals surface area contributed by atoms with E-state index >= 15 is 0 Å². The molecular weight excluding hydrogens is 162 g/mol. The van der Waals surface area contributed by atoms with Gasteiger partial charge in [0.2, 0.25) is 0 Å².